The molecule has 3 aromatic carbocycles. The number of halogens is 3. The predicted molar refractivity (Wildman–Crippen MR) is 266 cm³/mol. The van der Waals surface area contributed by atoms with Gasteiger partial charge >= 0.3 is 5.76 Å². The second-order valence-electron chi connectivity index (χ2n) is 17.4. The zero-order chi connectivity index (χ0) is 49.1. The van der Waals surface area contributed by atoms with E-state index in [9.17, 15) is 23.7 Å². The number of imide groups is 1. The summed E-state index contributed by atoms with van der Waals surface area (Å²) < 4.78 is 58.6. The van der Waals surface area contributed by atoms with Crippen molar-refractivity contribution in [2.75, 3.05) is 68.2 Å². The number of amides is 2. The molecule has 5 N–H and O–H groups in total. The Morgan fingerprint density at radius 2 is 1.74 bits per heavy atom. The van der Waals surface area contributed by atoms with Gasteiger partial charge in [0, 0.05) is 85.5 Å². The monoisotopic (exact) mass is 1030 g/mol. The predicted octanol–water partition coefficient (Wildman–Crippen LogP) is 6.22. The number of aryl methyl sites for hydroxylation is 2. The number of hydrogen-bond acceptors (Lipinski definition) is 15. The number of piperidine rings is 2. The van der Waals surface area contributed by atoms with Crippen LogP contribution in [0.15, 0.2) is 61.2 Å². The molecule has 2 amide bonds. The molecule has 2 fully saturated rings. The van der Waals surface area contributed by atoms with Gasteiger partial charge in [-0.1, -0.05) is 6.92 Å². The van der Waals surface area contributed by atoms with E-state index < -0.39 is 48.0 Å². The summed E-state index contributed by atoms with van der Waals surface area (Å²) in [5, 5.41) is 21.5. The number of rotatable bonds is 18. The number of hydrogen-bond donors (Lipinski definition) is 5. The fourth-order valence-corrected chi connectivity index (χ4v) is 10.9. The smallest absolute Gasteiger partial charge is 0.420 e. The normalized spacial score (nSPS) is 15.8. The fraction of sp³-hybridized carbons (Fsp3) is 0.426. The molecule has 22 heteroatoms. The molecule has 18 nitrogen and oxygen atoms in total. The third-order valence-corrected chi connectivity index (χ3v) is 14.6. The van der Waals surface area contributed by atoms with Gasteiger partial charge < -0.3 is 39.9 Å². The third kappa shape index (κ3) is 10.5. The molecule has 2 aliphatic heterocycles. The van der Waals surface area contributed by atoms with Crippen LogP contribution < -0.4 is 52.8 Å². The Hall–Kier alpha value is -6.02. The molecule has 0 aliphatic carbocycles. The molecule has 0 spiro atoms. The summed E-state index contributed by atoms with van der Waals surface area (Å²) >= 11 is 3.57. The largest absolute Gasteiger partial charge is 0.492 e. The minimum absolute atomic E-state index is 0.00464. The van der Waals surface area contributed by atoms with Crippen LogP contribution in [0.5, 0.6) is 5.75 Å². The average Bonchev–Trinajstić information content (AvgIpc) is 3.64. The zero-order valence-electron chi connectivity index (χ0n) is 39.0. The molecular weight excluding hydrogens is 979 g/mol. The number of benzene rings is 3. The number of aromatic nitrogens is 5. The third-order valence-electron chi connectivity index (χ3n) is 12.5. The standard InChI is InChI=1S/C47H55BrF2N11O7P/c1-6-26-21-34(56-46-53-25-31(48)43(58-46)55-33-10-9-28-30(42(33)69(4,5)66)24-54-60(7-2)45(28)64)38(67-8-3)23-36(26)59-19-14-27(15-20-59)52-18-17-51-16-13-29-32(49)22-37-41(40(29)50)68-47(65)61(37)35-11-12-39(62)57-44(35)63/h9-10,21-25,27,35,51-52H,6-8,11-20H2,1-5H3,(H,57,62,63)(H2,53,55,56,58). The number of fused-ring (bicyclic) bond motifs is 2. The quantitative estimate of drug-likeness (QED) is 0.0367. The molecule has 0 bridgehead atoms. The molecule has 5 heterocycles. The topological polar surface area (TPSA) is 220 Å². The Morgan fingerprint density at radius 1 is 0.957 bits per heavy atom. The summed E-state index contributed by atoms with van der Waals surface area (Å²) in [6.45, 7) is 13.1. The molecule has 69 heavy (non-hydrogen) atoms. The highest BCUT2D eigenvalue weighted by molar-refractivity contribution is 9.10. The van der Waals surface area contributed by atoms with Crippen molar-refractivity contribution in [1.29, 1.82) is 0 Å². The number of nitrogens with zero attached hydrogens (tertiary/aromatic N) is 6. The molecule has 0 radical (unpaired) electrons. The van der Waals surface area contributed by atoms with Gasteiger partial charge in [-0.3, -0.25) is 24.3 Å². The molecule has 0 saturated carbocycles. The van der Waals surface area contributed by atoms with Gasteiger partial charge in [-0.15, -0.1) is 0 Å². The van der Waals surface area contributed by atoms with Crippen LogP contribution >= 0.6 is 23.1 Å². The Morgan fingerprint density at radius 3 is 2.45 bits per heavy atom. The molecule has 1 unspecified atom stereocenters. The zero-order valence-corrected chi connectivity index (χ0v) is 41.5. The van der Waals surface area contributed by atoms with Crippen molar-refractivity contribution >= 4 is 90.9 Å². The van der Waals surface area contributed by atoms with Crippen LogP contribution in [0, 0.1) is 11.6 Å². The Balaban J connectivity index is 0.870. The maximum atomic E-state index is 15.5. The van der Waals surface area contributed by atoms with E-state index in [2.05, 4.69) is 76.6 Å². The first kappa shape index (κ1) is 49.4. The Bertz CT molecular complexity index is 3110. The summed E-state index contributed by atoms with van der Waals surface area (Å²) in [5.41, 5.74) is 2.37. The van der Waals surface area contributed by atoms with Crippen LogP contribution in [0.1, 0.15) is 63.6 Å². The highest BCUT2D eigenvalue weighted by Gasteiger charge is 2.33. The number of carbonyl (C=O) groups excluding carboxylic acids is 2. The molecular formula is C47H55BrF2N11O7P. The lowest BCUT2D eigenvalue weighted by atomic mass is 10.0. The van der Waals surface area contributed by atoms with Crippen molar-refractivity contribution in [1.82, 2.24) is 40.3 Å². The Labute approximate surface area is 404 Å². The highest BCUT2D eigenvalue weighted by Crippen LogP contribution is 2.42. The maximum Gasteiger partial charge on any atom is 0.420 e. The summed E-state index contributed by atoms with van der Waals surface area (Å²) in [6.07, 6.45) is 5.78. The number of ether oxygens (including phenoxy) is 1. The molecule has 6 aromatic rings. The minimum atomic E-state index is -2.93. The molecule has 1 atom stereocenters. The number of carbonyl (C=O) groups is 2. The minimum Gasteiger partial charge on any atom is -0.492 e. The molecule has 366 valence electrons. The fourth-order valence-electron chi connectivity index (χ4n) is 9.10. The first-order valence-electron chi connectivity index (χ1n) is 23.1. The van der Waals surface area contributed by atoms with E-state index in [0.29, 0.717) is 75.7 Å². The van der Waals surface area contributed by atoms with Gasteiger partial charge in [0.15, 0.2) is 11.4 Å². The van der Waals surface area contributed by atoms with Gasteiger partial charge in [-0.25, -0.2) is 23.2 Å². The first-order valence-corrected chi connectivity index (χ1v) is 26.5. The molecule has 2 aliphatic rings. The van der Waals surface area contributed by atoms with Crippen molar-refractivity contribution in [2.24, 2.45) is 0 Å². The lowest BCUT2D eigenvalue weighted by molar-refractivity contribution is -0.135. The summed E-state index contributed by atoms with van der Waals surface area (Å²) in [4.78, 5) is 61.4. The van der Waals surface area contributed by atoms with E-state index in [1.165, 1.54) is 4.68 Å². The summed E-state index contributed by atoms with van der Waals surface area (Å²) in [5.74, 6) is -2.67. The van der Waals surface area contributed by atoms with Crippen LogP contribution in [0.25, 0.3) is 21.9 Å². The lowest BCUT2D eigenvalue weighted by Gasteiger charge is -2.35. The van der Waals surface area contributed by atoms with Gasteiger partial charge in [-0.2, -0.15) is 10.1 Å². The summed E-state index contributed by atoms with van der Waals surface area (Å²) in [6, 6.07) is 7.76. The molecule has 3 aromatic heterocycles. The van der Waals surface area contributed by atoms with Crippen molar-refractivity contribution < 1.29 is 32.1 Å². The van der Waals surface area contributed by atoms with E-state index in [0.717, 1.165) is 54.2 Å². The van der Waals surface area contributed by atoms with Crippen molar-refractivity contribution in [3.63, 3.8) is 0 Å². The second-order valence-corrected chi connectivity index (χ2v) is 21.4. The van der Waals surface area contributed by atoms with Crippen LogP contribution in [-0.2, 0) is 33.5 Å². The Kier molecular flexibility index (Phi) is 15.0. The first-order chi connectivity index (χ1) is 33.1. The molecule has 8 rings (SSSR count). The van der Waals surface area contributed by atoms with Gasteiger partial charge in [-0.05, 0) is 106 Å². The van der Waals surface area contributed by atoms with Gasteiger partial charge in [0.25, 0.3) is 5.56 Å². The number of oxazole rings is 1. The number of anilines is 5. The second kappa shape index (κ2) is 20.9. The van der Waals surface area contributed by atoms with Crippen molar-refractivity contribution in [3.05, 3.63) is 90.9 Å². The number of nitrogens with one attached hydrogen (secondary N) is 5. The van der Waals surface area contributed by atoms with E-state index in [4.69, 9.17) is 14.1 Å². The van der Waals surface area contributed by atoms with Crippen LogP contribution in [0.2, 0.25) is 0 Å². The SMILES string of the molecule is CCOc1cc(N2CCC(NCCNCCc3c(F)cc4c(oc(=O)n4C4CCC(=O)NC4=O)c3F)CC2)c(CC)cc1Nc1ncc(Br)c(Nc2ccc3c(=O)n(CC)ncc3c2P(C)(C)=O)n1. The van der Waals surface area contributed by atoms with Gasteiger partial charge in [0.2, 0.25) is 17.8 Å². The van der Waals surface area contributed by atoms with Crippen molar-refractivity contribution in [3.8, 4) is 5.75 Å². The van der Waals surface area contributed by atoms with E-state index >= 15 is 8.78 Å². The van der Waals surface area contributed by atoms with Crippen LogP contribution in [-0.4, -0.2) is 94.8 Å². The van der Waals surface area contributed by atoms with Gasteiger partial charge in [0.1, 0.15) is 30.6 Å². The van der Waals surface area contributed by atoms with E-state index in [-0.39, 0.29) is 48.5 Å². The van der Waals surface area contributed by atoms with E-state index in [1.54, 1.807) is 37.9 Å². The lowest BCUT2D eigenvalue weighted by Crippen LogP contribution is -2.44. The van der Waals surface area contributed by atoms with E-state index in [1.807, 2.05) is 13.8 Å². The van der Waals surface area contributed by atoms with Gasteiger partial charge in [0.05, 0.1) is 39.6 Å². The van der Waals surface area contributed by atoms with Crippen LogP contribution in [0.4, 0.5) is 37.6 Å². The maximum absolute atomic E-state index is 15.5. The highest BCUT2D eigenvalue weighted by atomic mass is 79.9. The summed E-state index contributed by atoms with van der Waals surface area (Å²) in [7, 11) is -2.93. The van der Waals surface area contributed by atoms with Crippen LogP contribution in [0.3, 0.4) is 0 Å². The average molecular weight is 1030 g/mol. The van der Waals surface area contributed by atoms with Crippen molar-refractivity contribution in [2.45, 2.75) is 77.9 Å². The molecule has 2 saturated heterocycles.